The lowest BCUT2D eigenvalue weighted by atomic mass is 9.82. The van der Waals surface area contributed by atoms with Crippen molar-refractivity contribution < 1.29 is 0 Å². The van der Waals surface area contributed by atoms with Crippen molar-refractivity contribution in [3.05, 3.63) is 0 Å². The van der Waals surface area contributed by atoms with E-state index in [-0.39, 0.29) is 0 Å². The Hall–Kier alpha value is -0.530. The Balaban J connectivity index is 1.58. The van der Waals surface area contributed by atoms with Crippen molar-refractivity contribution in [1.29, 1.82) is 0 Å². The Bertz CT molecular complexity index is 459. The summed E-state index contributed by atoms with van der Waals surface area (Å²) in [5.74, 6) is 4.21. The third kappa shape index (κ3) is 5.73. The minimum absolute atomic E-state index is 0.506. The van der Waals surface area contributed by atoms with Gasteiger partial charge in [0.15, 0.2) is 0 Å². The summed E-state index contributed by atoms with van der Waals surface area (Å²) in [5, 5.41) is 3.94. The molecular formula is C25H46N2. The van der Waals surface area contributed by atoms with Crippen molar-refractivity contribution in [3.8, 4) is 0 Å². The van der Waals surface area contributed by atoms with E-state index in [9.17, 15) is 0 Å². The lowest BCUT2D eigenvalue weighted by molar-refractivity contribution is 0.284. The highest BCUT2D eigenvalue weighted by molar-refractivity contribution is 5.83. The van der Waals surface area contributed by atoms with Gasteiger partial charge in [-0.3, -0.25) is 4.99 Å². The van der Waals surface area contributed by atoms with Crippen molar-refractivity contribution in [1.82, 2.24) is 5.32 Å². The van der Waals surface area contributed by atoms with Crippen LogP contribution in [-0.2, 0) is 0 Å². The molecule has 3 aliphatic rings. The zero-order chi connectivity index (χ0) is 19.1. The van der Waals surface area contributed by atoms with Gasteiger partial charge in [0.05, 0.1) is 5.84 Å². The molecule has 0 aromatic heterocycles. The average molecular weight is 375 g/mol. The van der Waals surface area contributed by atoms with Crippen LogP contribution in [0.15, 0.2) is 4.99 Å². The van der Waals surface area contributed by atoms with Gasteiger partial charge in [0.2, 0.25) is 0 Å². The third-order valence-electron chi connectivity index (χ3n) is 8.23. The lowest BCUT2D eigenvalue weighted by Crippen LogP contribution is -2.38. The van der Waals surface area contributed by atoms with Crippen molar-refractivity contribution in [2.24, 2.45) is 28.2 Å². The van der Waals surface area contributed by atoms with E-state index in [1.54, 1.807) is 0 Å². The highest BCUT2D eigenvalue weighted by Gasteiger charge is 2.60. The number of unbranched alkanes of at least 4 members (excludes halogenated alkanes) is 3. The Morgan fingerprint density at radius 1 is 0.926 bits per heavy atom. The van der Waals surface area contributed by atoms with E-state index in [0.717, 1.165) is 24.3 Å². The molecule has 1 N–H and O–H groups in total. The fraction of sp³-hybridized carbons (Fsp3) is 0.960. The second-order valence-corrected chi connectivity index (χ2v) is 10.3. The minimum Gasteiger partial charge on any atom is -0.371 e. The van der Waals surface area contributed by atoms with E-state index in [0.29, 0.717) is 11.5 Å². The molecule has 0 aromatic rings. The summed E-state index contributed by atoms with van der Waals surface area (Å²) in [6, 6.07) is 0.693. The van der Waals surface area contributed by atoms with E-state index >= 15 is 0 Å². The zero-order valence-corrected chi connectivity index (χ0v) is 18.6. The van der Waals surface area contributed by atoms with Crippen LogP contribution in [0.5, 0.6) is 0 Å². The largest absolute Gasteiger partial charge is 0.371 e. The van der Waals surface area contributed by atoms with Crippen LogP contribution in [0.4, 0.5) is 0 Å². The predicted octanol–water partition coefficient (Wildman–Crippen LogP) is 7.13. The molecule has 2 heteroatoms. The van der Waals surface area contributed by atoms with Crippen LogP contribution in [0.1, 0.15) is 117 Å². The first-order chi connectivity index (χ1) is 13.1. The molecule has 3 unspecified atom stereocenters. The van der Waals surface area contributed by atoms with Crippen LogP contribution >= 0.6 is 0 Å². The van der Waals surface area contributed by atoms with Crippen molar-refractivity contribution in [3.63, 3.8) is 0 Å². The van der Waals surface area contributed by atoms with Crippen LogP contribution in [-0.4, -0.2) is 18.4 Å². The van der Waals surface area contributed by atoms with Gasteiger partial charge in [-0.05, 0) is 42.4 Å². The topological polar surface area (TPSA) is 24.4 Å². The van der Waals surface area contributed by atoms with Gasteiger partial charge < -0.3 is 5.32 Å². The summed E-state index contributed by atoms with van der Waals surface area (Å²) in [6.45, 7) is 8.43. The predicted molar refractivity (Wildman–Crippen MR) is 118 cm³/mol. The quantitative estimate of drug-likeness (QED) is 0.259. The van der Waals surface area contributed by atoms with Gasteiger partial charge in [-0.25, -0.2) is 0 Å². The molecule has 156 valence electrons. The summed E-state index contributed by atoms with van der Waals surface area (Å²) >= 11 is 0. The molecule has 3 fully saturated rings. The molecule has 0 heterocycles. The SMILES string of the molecule is CCCCCCN=C(CC1(C)C(C)C1C1CCCCC1)NC1CCCCC1. The Morgan fingerprint density at radius 3 is 2.26 bits per heavy atom. The minimum atomic E-state index is 0.506. The Labute approximate surface area is 169 Å². The number of hydrogen-bond acceptors (Lipinski definition) is 1. The normalized spacial score (nSPS) is 33.2. The van der Waals surface area contributed by atoms with Gasteiger partial charge in [0, 0.05) is 19.0 Å². The maximum Gasteiger partial charge on any atom is 0.0970 e. The molecule has 0 amide bonds. The summed E-state index contributed by atoms with van der Waals surface area (Å²) in [5.41, 5.74) is 0.506. The summed E-state index contributed by atoms with van der Waals surface area (Å²) in [4.78, 5) is 5.13. The van der Waals surface area contributed by atoms with Gasteiger partial charge in [0.25, 0.3) is 0 Å². The molecule has 0 bridgehead atoms. The van der Waals surface area contributed by atoms with Gasteiger partial charge in [-0.1, -0.05) is 91.4 Å². The summed E-state index contributed by atoms with van der Waals surface area (Å²) in [7, 11) is 0. The van der Waals surface area contributed by atoms with Gasteiger partial charge in [0.1, 0.15) is 0 Å². The van der Waals surface area contributed by atoms with Crippen molar-refractivity contribution in [2.45, 2.75) is 123 Å². The first-order valence-corrected chi connectivity index (χ1v) is 12.4. The molecule has 3 atom stereocenters. The first kappa shape index (κ1) is 21.2. The second-order valence-electron chi connectivity index (χ2n) is 10.3. The highest BCUT2D eigenvalue weighted by Crippen LogP contribution is 2.65. The fourth-order valence-corrected chi connectivity index (χ4v) is 6.31. The maximum atomic E-state index is 5.13. The number of amidine groups is 1. The first-order valence-electron chi connectivity index (χ1n) is 12.4. The third-order valence-corrected chi connectivity index (χ3v) is 8.23. The number of nitrogens with one attached hydrogen (secondary N) is 1. The smallest absolute Gasteiger partial charge is 0.0970 e. The summed E-state index contributed by atoms with van der Waals surface area (Å²) in [6.07, 6.45) is 20.8. The molecule has 3 aliphatic carbocycles. The number of hydrogen-bond donors (Lipinski definition) is 1. The van der Waals surface area contributed by atoms with E-state index in [2.05, 4.69) is 26.1 Å². The molecule has 3 saturated carbocycles. The van der Waals surface area contributed by atoms with Crippen molar-refractivity contribution in [2.75, 3.05) is 6.54 Å². The molecule has 3 rings (SSSR count). The molecule has 0 radical (unpaired) electrons. The van der Waals surface area contributed by atoms with Gasteiger partial charge in [-0.2, -0.15) is 0 Å². The molecule has 2 nitrogen and oxygen atoms in total. The maximum absolute atomic E-state index is 5.13. The van der Waals surface area contributed by atoms with Gasteiger partial charge >= 0.3 is 0 Å². The standard InChI is InChI=1S/C25H46N2/c1-4-5-6-13-18-26-23(27-22-16-11-8-12-17-22)19-25(3)20(2)24(25)21-14-9-7-10-15-21/h20-22,24H,4-19H2,1-3H3,(H,26,27). The van der Waals surface area contributed by atoms with Crippen LogP contribution in [0.3, 0.4) is 0 Å². The molecule has 27 heavy (non-hydrogen) atoms. The van der Waals surface area contributed by atoms with E-state index < -0.39 is 0 Å². The van der Waals surface area contributed by atoms with Crippen LogP contribution in [0.2, 0.25) is 0 Å². The highest BCUT2D eigenvalue weighted by atomic mass is 15.0. The number of nitrogens with zero attached hydrogens (tertiary/aromatic N) is 1. The molecule has 0 aliphatic heterocycles. The second kappa shape index (κ2) is 10.3. The molecule has 0 aromatic carbocycles. The monoisotopic (exact) mass is 374 g/mol. The zero-order valence-electron chi connectivity index (χ0n) is 18.6. The summed E-state index contributed by atoms with van der Waals surface area (Å²) < 4.78 is 0. The van der Waals surface area contributed by atoms with Crippen LogP contribution in [0, 0.1) is 23.2 Å². The average Bonchev–Trinajstić information content (AvgIpc) is 3.22. The van der Waals surface area contributed by atoms with Gasteiger partial charge in [-0.15, -0.1) is 0 Å². The van der Waals surface area contributed by atoms with E-state index in [4.69, 9.17) is 4.99 Å². The lowest BCUT2D eigenvalue weighted by Gasteiger charge is -2.27. The molecular weight excluding hydrogens is 328 g/mol. The Morgan fingerprint density at radius 2 is 1.59 bits per heavy atom. The van der Waals surface area contributed by atoms with E-state index in [1.165, 1.54) is 102 Å². The Kier molecular flexibility index (Phi) is 8.09. The molecule has 0 saturated heterocycles. The van der Waals surface area contributed by atoms with E-state index in [1.807, 2.05) is 0 Å². The van der Waals surface area contributed by atoms with Crippen LogP contribution < -0.4 is 5.32 Å². The van der Waals surface area contributed by atoms with Crippen molar-refractivity contribution >= 4 is 5.84 Å². The molecule has 0 spiro atoms. The fourth-order valence-electron chi connectivity index (χ4n) is 6.31. The number of rotatable bonds is 9. The number of aliphatic imine (C=N–C) groups is 1. The van der Waals surface area contributed by atoms with Crippen LogP contribution in [0.25, 0.3) is 0 Å².